The Labute approximate surface area is 222 Å². The van der Waals surface area contributed by atoms with Gasteiger partial charge in [0.15, 0.2) is 0 Å². The van der Waals surface area contributed by atoms with Crippen LogP contribution in [0, 0.1) is 17.3 Å². The minimum atomic E-state index is -0.640. The first kappa shape index (κ1) is 27.8. The third-order valence-electron chi connectivity index (χ3n) is 6.15. The van der Waals surface area contributed by atoms with Gasteiger partial charge in [-0.15, -0.1) is 0 Å². The van der Waals surface area contributed by atoms with Crippen LogP contribution in [0.1, 0.15) is 39.8 Å². The Bertz CT molecular complexity index is 1120. The van der Waals surface area contributed by atoms with Crippen LogP contribution in [-0.4, -0.2) is 52.0 Å². The van der Waals surface area contributed by atoms with Crippen molar-refractivity contribution in [1.29, 1.82) is 0 Å². The fourth-order valence-corrected chi connectivity index (χ4v) is 4.66. The summed E-state index contributed by atoms with van der Waals surface area (Å²) in [5, 5.41) is 3.75. The second kappa shape index (κ2) is 11.5. The molecule has 2 heterocycles. The molecule has 1 aliphatic heterocycles. The van der Waals surface area contributed by atoms with Crippen molar-refractivity contribution in [2.45, 2.75) is 40.5 Å². The van der Waals surface area contributed by atoms with Crippen molar-refractivity contribution in [3.05, 3.63) is 40.4 Å². The summed E-state index contributed by atoms with van der Waals surface area (Å²) in [6.07, 6.45) is 4.57. The first-order valence-corrected chi connectivity index (χ1v) is 12.7. The third-order valence-corrected chi connectivity index (χ3v) is 6.73. The Morgan fingerprint density at radius 1 is 1.28 bits per heavy atom. The maximum atomic E-state index is 13.9. The van der Waals surface area contributed by atoms with Crippen LogP contribution in [0.5, 0.6) is 0 Å². The zero-order valence-corrected chi connectivity index (χ0v) is 22.9. The molecular formula is C25H34Cl2N6O3. The molecule has 2 atom stereocenters. The number of aliphatic imine (C=N–C) groups is 1. The van der Waals surface area contributed by atoms with Crippen molar-refractivity contribution >= 4 is 52.4 Å². The number of halogens is 2. The molecule has 1 aromatic carbocycles. The molecule has 3 rings (SSSR count). The number of nitrogens with zero attached hydrogens (tertiary/aromatic N) is 4. The predicted octanol–water partition coefficient (Wildman–Crippen LogP) is 4.20. The van der Waals surface area contributed by atoms with Gasteiger partial charge < -0.3 is 20.4 Å². The number of hydrogen-bond acceptors (Lipinski definition) is 6. The lowest BCUT2D eigenvalue weighted by atomic mass is 9.85. The molecule has 1 aromatic heterocycles. The lowest BCUT2D eigenvalue weighted by Gasteiger charge is -2.29. The smallest absolute Gasteiger partial charge is 0.311 e. The number of ether oxygens (including phenoxy) is 1. The van der Waals surface area contributed by atoms with Gasteiger partial charge in [-0.1, -0.05) is 30.1 Å². The molecule has 1 saturated heterocycles. The lowest BCUT2D eigenvalue weighted by molar-refractivity contribution is -0.156. The molecule has 1 unspecified atom stereocenters. The summed E-state index contributed by atoms with van der Waals surface area (Å²) in [7, 11) is 1.90. The highest BCUT2D eigenvalue weighted by atomic mass is 35.5. The van der Waals surface area contributed by atoms with Crippen molar-refractivity contribution in [2.24, 2.45) is 29.3 Å². The van der Waals surface area contributed by atoms with Gasteiger partial charge in [0.05, 0.1) is 28.4 Å². The first-order valence-electron chi connectivity index (χ1n) is 11.9. The molecule has 0 aliphatic carbocycles. The highest BCUT2D eigenvalue weighted by Crippen LogP contribution is 2.36. The normalized spacial score (nSPS) is 16.6. The van der Waals surface area contributed by atoms with Crippen LogP contribution in [-0.2, 0) is 27.8 Å². The third kappa shape index (κ3) is 6.50. The van der Waals surface area contributed by atoms with Crippen molar-refractivity contribution in [1.82, 2.24) is 19.8 Å². The highest BCUT2D eigenvalue weighted by molar-refractivity contribution is 6.39. The molecule has 1 aliphatic rings. The number of nitrogens with one attached hydrogen (secondary N) is 1. The van der Waals surface area contributed by atoms with Crippen LogP contribution in [0.15, 0.2) is 29.6 Å². The Morgan fingerprint density at radius 3 is 2.50 bits per heavy atom. The SMILES string of the molecule is CC[C@H](C(=O)N1CCN/C1=N\c1c(Cl)cc(N)cc1Cl)C(COC(=O)C(C)(C)C)Cc1cncn1C. The van der Waals surface area contributed by atoms with Crippen LogP contribution < -0.4 is 11.1 Å². The average molecular weight is 537 g/mol. The number of anilines is 1. The summed E-state index contributed by atoms with van der Waals surface area (Å²) in [5.74, 6) is -0.719. The molecule has 3 N–H and O–H groups in total. The van der Waals surface area contributed by atoms with E-state index in [1.54, 1.807) is 50.3 Å². The lowest BCUT2D eigenvalue weighted by Crippen LogP contribution is -2.43. The molecule has 1 fully saturated rings. The average Bonchev–Trinajstić information content (AvgIpc) is 3.42. The van der Waals surface area contributed by atoms with Crippen molar-refractivity contribution < 1.29 is 14.3 Å². The number of carbonyl (C=O) groups excluding carboxylic acids is 2. The fourth-order valence-electron chi connectivity index (χ4n) is 4.07. The number of carbonyl (C=O) groups is 2. The summed E-state index contributed by atoms with van der Waals surface area (Å²) in [6.45, 7) is 8.47. The molecule has 196 valence electrons. The zero-order valence-electron chi connectivity index (χ0n) is 21.3. The minimum absolute atomic E-state index is 0.108. The minimum Gasteiger partial charge on any atom is -0.465 e. The number of nitrogens with two attached hydrogens (primary N) is 1. The van der Waals surface area contributed by atoms with E-state index in [1.165, 1.54) is 0 Å². The molecule has 0 spiro atoms. The maximum absolute atomic E-state index is 13.9. The van der Waals surface area contributed by atoms with Gasteiger partial charge in [0, 0.05) is 49.6 Å². The molecule has 9 nitrogen and oxygen atoms in total. The first-order chi connectivity index (χ1) is 16.9. The van der Waals surface area contributed by atoms with Crippen molar-refractivity contribution in [3.63, 3.8) is 0 Å². The Kier molecular flexibility index (Phi) is 8.89. The largest absolute Gasteiger partial charge is 0.465 e. The van der Waals surface area contributed by atoms with Crippen LogP contribution in [0.25, 0.3) is 0 Å². The summed E-state index contributed by atoms with van der Waals surface area (Å²) in [5.41, 5.74) is 6.88. The molecule has 11 heteroatoms. The van der Waals surface area contributed by atoms with Gasteiger partial charge in [-0.3, -0.25) is 14.5 Å². The van der Waals surface area contributed by atoms with Crippen molar-refractivity contribution in [3.8, 4) is 0 Å². The van der Waals surface area contributed by atoms with Crippen LogP contribution >= 0.6 is 23.2 Å². The van der Waals surface area contributed by atoms with Crippen molar-refractivity contribution in [2.75, 3.05) is 25.4 Å². The van der Waals surface area contributed by atoms with Gasteiger partial charge in [-0.25, -0.2) is 9.98 Å². The van der Waals surface area contributed by atoms with E-state index < -0.39 is 11.3 Å². The number of aryl methyl sites for hydroxylation is 1. The number of benzene rings is 1. The van der Waals surface area contributed by atoms with E-state index in [9.17, 15) is 9.59 Å². The summed E-state index contributed by atoms with van der Waals surface area (Å²) < 4.78 is 7.59. The van der Waals surface area contributed by atoms with E-state index in [1.807, 2.05) is 18.5 Å². The molecular weight excluding hydrogens is 503 g/mol. The summed E-state index contributed by atoms with van der Waals surface area (Å²) in [6, 6.07) is 3.13. The summed E-state index contributed by atoms with van der Waals surface area (Å²) >= 11 is 12.6. The molecule has 36 heavy (non-hydrogen) atoms. The fraction of sp³-hybridized carbons (Fsp3) is 0.520. The number of imidazole rings is 1. The van der Waals surface area contributed by atoms with Gasteiger partial charge >= 0.3 is 5.97 Å². The topological polar surface area (TPSA) is 115 Å². The Hall–Kier alpha value is -2.78. The number of nitrogen functional groups attached to an aromatic ring is 1. The Morgan fingerprint density at radius 2 is 1.94 bits per heavy atom. The van der Waals surface area contributed by atoms with E-state index in [0.29, 0.717) is 53.3 Å². The van der Waals surface area contributed by atoms with E-state index in [0.717, 1.165) is 5.69 Å². The number of hydrogen-bond donors (Lipinski definition) is 2. The molecule has 2 aromatic rings. The number of esters is 1. The van der Waals surface area contributed by atoms with Crippen LogP contribution in [0.2, 0.25) is 10.0 Å². The van der Waals surface area contributed by atoms with Gasteiger partial charge in [0.2, 0.25) is 11.9 Å². The highest BCUT2D eigenvalue weighted by Gasteiger charge is 2.36. The second-order valence-corrected chi connectivity index (χ2v) is 10.8. The number of rotatable bonds is 8. The molecule has 0 saturated carbocycles. The second-order valence-electron chi connectivity index (χ2n) is 10.0. The van der Waals surface area contributed by atoms with E-state index in [2.05, 4.69) is 15.3 Å². The zero-order chi connectivity index (χ0) is 26.6. The van der Waals surface area contributed by atoms with Crippen LogP contribution in [0.3, 0.4) is 0 Å². The summed E-state index contributed by atoms with van der Waals surface area (Å²) in [4.78, 5) is 36.7. The van der Waals surface area contributed by atoms with Crippen LogP contribution in [0.4, 0.5) is 11.4 Å². The Balaban J connectivity index is 1.89. The number of aromatic nitrogens is 2. The van der Waals surface area contributed by atoms with E-state index in [-0.39, 0.29) is 24.4 Å². The molecule has 1 amide bonds. The quantitative estimate of drug-likeness (QED) is 0.385. The molecule has 0 radical (unpaired) electrons. The molecule has 0 bridgehead atoms. The van der Waals surface area contributed by atoms with E-state index in [4.69, 9.17) is 33.7 Å². The van der Waals surface area contributed by atoms with Gasteiger partial charge in [-0.05, 0) is 45.7 Å². The number of amides is 1. The monoisotopic (exact) mass is 536 g/mol. The van der Waals surface area contributed by atoms with E-state index >= 15 is 0 Å². The number of guanidine groups is 1. The maximum Gasteiger partial charge on any atom is 0.311 e. The predicted molar refractivity (Wildman–Crippen MR) is 142 cm³/mol. The standard InChI is InChI=1S/C25H34Cl2N6O3/c1-6-18(15(9-17-12-29-14-32(17)5)13-36-23(35)25(2,3)4)22(34)33-8-7-30-24(33)31-21-19(26)10-16(28)11-20(21)27/h10-12,14-15,18H,6-9,13,28H2,1-5H3,(H,30,31)/t15?,18-/m0/s1. The van der Waals surface area contributed by atoms with Gasteiger partial charge in [-0.2, -0.15) is 0 Å². The van der Waals surface area contributed by atoms with Gasteiger partial charge in [0.25, 0.3) is 0 Å². The van der Waals surface area contributed by atoms with Gasteiger partial charge in [0.1, 0.15) is 5.69 Å².